The van der Waals surface area contributed by atoms with E-state index in [0.717, 1.165) is 0 Å². The summed E-state index contributed by atoms with van der Waals surface area (Å²) in [4.78, 5) is 22.8. The lowest BCUT2D eigenvalue weighted by Gasteiger charge is -2.43. The molecule has 1 saturated carbocycles. The maximum absolute atomic E-state index is 13.2. The second-order valence-corrected chi connectivity index (χ2v) is 7.21. The molecule has 1 unspecified atom stereocenters. The lowest BCUT2D eigenvalue weighted by molar-refractivity contribution is -0.137. The fourth-order valence-electron chi connectivity index (χ4n) is 4.04. The normalized spacial score (nSPS) is 33.4. The lowest BCUT2D eigenvalue weighted by atomic mass is 10.0. The van der Waals surface area contributed by atoms with Gasteiger partial charge in [-0.15, -0.1) is 0 Å². The van der Waals surface area contributed by atoms with E-state index >= 15 is 0 Å². The quantitative estimate of drug-likeness (QED) is 0.819. The number of hydrogen-bond acceptors (Lipinski definition) is 6. The molecule has 2 N–H and O–H groups in total. The number of alkyl halides is 2. The molecule has 0 bridgehead atoms. The number of nitrogens with zero attached hydrogens (tertiary/aromatic N) is 4. The van der Waals surface area contributed by atoms with Crippen LogP contribution >= 0.6 is 0 Å². The SMILES string of the molecule is C[C@H]1[C@H](O)CN1c1nc(C(F)F)cc(N2C[C@@H]3C(CC(=O)O)[C@@H]3C2)n1. The van der Waals surface area contributed by atoms with Gasteiger partial charge in [0.25, 0.3) is 6.43 Å². The molecule has 3 fully saturated rings. The second-order valence-electron chi connectivity index (χ2n) is 7.21. The highest BCUT2D eigenvalue weighted by atomic mass is 19.3. The van der Waals surface area contributed by atoms with Crippen molar-refractivity contribution in [2.24, 2.45) is 17.8 Å². The van der Waals surface area contributed by atoms with Crippen molar-refractivity contribution >= 4 is 17.7 Å². The van der Waals surface area contributed by atoms with Crippen LogP contribution in [-0.2, 0) is 4.79 Å². The molecule has 1 aliphatic carbocycles. The van der Waals surface area contributed by atoms with Crippen LogP contribution in [0.3, 0.4) is 0 Å². The number of fused-ring (bicyclic) bond motifs is 1. The largest absolute Gasteiger partial charge is 0.481 e. The number of piperidine rings is 1. The van der Waals surface area contributed by atoms with Crippen LogP contribution in [0.25, 0.3) is 0 Å². The first-order chi connectivity index (χ1) is 11.8. The van der Waals surface area contributed by atoms with Crippen molar-refractivity contribution in [1.29, 1.82) is 0 Å². The Bertz CT molecular complexity index is 692. The molecule has 4 rings (SSSR count). The number of carboxylic acids is 1. The molecule has 136 valence electrons. The summed E-state index contributed by atoms with van der Waals surface area (Å²) < 4.78 is 26.4. The van der Waals surface area contributed by atoms with Gasteiger partial charge >= 0.3 is 5.97 Å². The van der Waals surface area contributed by atoms with Gasteiger partial charge in [0.2, 0.25) is 5.95 Å². The van der Waals surface area contributed by atoms with Gasteiger partial charge in [-0.2, -0.15) is 4.98 Å². The van der Waals surface area contributed by atoms with Crippen LogP contribution in [0.1, 0.15) is 25.5 Å². The Morgan fingerprint density at radius 1 is 1.32 bits per heavy atom. The van der Waals surface area contributed by atoms with Gasteiger partial charge in [-0.05, 0) is 24.7 Å². The van der Waals surface area contributed by atoms with E-state index in [1.165, 1.54) is 6.07 Å². The molecule has 0 spiro atoms. The van der Waals surface area contributed by atoms with Gasteiger partial charge in [0, 0.05) is 32.1 Å². The molecular formula is C16H20F2N4O3. The van der Waals surface area contributed by atoms with Crippen molar-refractivity contribution in [2.75, 3.05) is 29.4 Å². The summed E-state index contributed by atoms with van der Waals surface area (Å²) in [7, 11) is 0. The van der Waals surface area contributed by atoms with Crippen molar-refractivity contribution < 1.29 is 23.8 Å². The number of rotatable bonds is 5. The van der Waals surface area contributed by atoms with Crippen LogP contribution < -0.4 is 9.80 Å². The maximum Gasteiger partial charge on any atom is 0.303 e. The van der Waals surface area contributed by atoms with E-state index in [-0.39, 0.29) is 30.0 Å². The number of carbonyl (C=O) groups is 1. The Hall–Kier alpha value is -2.03. The predicted octanol–water partition coefficient (Wildman–Crippen LogP) is 1.14. The van der Waals surface area contributed by atoms with E-state index in [1.54, 1.807) is 11.8 Å². The number of β-amino-alcohol motifs (C(OH)–C–C–N with tert-alkyl or cyclic N) is 1. The topological polar surface area (TPSA) is 89.8 Å². The average Bonchev–Trinajstić information content (AvgIpc) is 3.01. The minimum Gasteiger partial charge on any atom is -0.481 e. The lowest BCUT2D eigenvalue weighted by Crippen LogP contribution is -2.59. The van der Waals surface area contributed by atoms with Crippen LogP contribution in [0, 0.1) is 17.8 Å². The summed E-state index contributed by atoms with van der Waals surface area (Å²) in [5, 5.41) is 18.5. The Labute approximate surface area is 143 Å². The predicted molar refractivity (Wildman–Crippen MR) is 84.7 cm³/mol. The molecule has 7 nitrogen and oxygen atoms in total. The number of anilines is 2. The van der Waals surface area contributed by atoms with E-state index in [0.29, 0.717) is 37.3 Å². The second kappa shape index (κ2) is 5.76. The van der Waals surface area contributed by atoms with Crippen LogP contribution in [0.4, 0.5) is 20.5 Å². The van der Waals surface area contributed by atoms with Crippen LogP contribution in [0.5, 0.6) is 0 Å². The number of aliphatic carboxylic acids is 1. The van der Waals surface area contributed by atoms with Gasteiger partial charge in [-0.25, -0.2) is 13.8 Å². The molecule has 3 heterocycles. The Kier molecular flexibility index (Phi) is 3.78. The molecule has 9 heteroatoms. The molecule has 1 aromatic heterocycles. The van der Waals surface area contributed by atoms with Gasteiger partial charge in [0.1, 0.15) is 11.5 Å². The van der Waals surface area contributed by atoms with Crippen LogP contribution in [0.2, 0.25) is 0 Å². The van der Waals surface area contributed by atoms with Crippen molar-refractivity contribution in [3.05, 3.63) is 11.8 Å². The van der Waals surface area contributed by atoms with Gasteiger partial charge in [0.05, 0.1) is 12.1 Å². The zero-order valence-corrected chi connectivity index (χ0v) is 13.7. The molecule has 1 aromatic rings. The van der Waals surface area contributed by atoms with E-state index in [2.05, 4.69) is 9.97 Å². The van der Waals surface area contributed by atoms with Crippen molar-refractivity contribution in [3.63, 3.8) is 0 Å². The molecular weight excluding hydrogens is 334 g/mol. The summed E-state index contributed by atoms with van der Waals surface area (Å²) in [5.74, 6) is 0.669. The summed E-state index contributed by atoms with van der Waals surface area (Å²) in [6.45, 7) is 3.41. The van der Waals surface area contributed by atoms with Gasteiger partial charge in [0.15, 0.2) is 0 Å². The zero-order chi connectivity index (χ0) is 17.9. The van der Waals surface area contributed by atoms with Gasteiger partial charge < -0.3 is 20.0 Å². The minimum absolute atomic E-state index is 0.170. The smallest absolute Gasteiger partial charge is 0.303 e. The molecule has 0 radical (unpaired) electrons. The minimum atomic E-state index is -2.70. The van der Waals surface area contributed by atoms with Crippen LogP contribution in [0.15, 0.2) is 6.07 Å². The Morgan fingerprint density at radius 3 is 2.52 bits per heavy atom. The third-order valence-electron chi connectivity index (χ3n) is 5.74. The molecule has 2 saturated heterocycles. The number of carboxylic acid groups (broad SMARTS) is 1. The van der Waals surface area contributed by atoms with E-state index in [1.807, 2.05) is 4.90 Å². The van der Waals surface area contributed by atoms with Crippen molar-refractivity contribution in [2.45, 2.75) is 31.9 Å². The number of halogens is 2. The number of hydrogen-bond donors (Lipinski definition) is 2. The van der Waals surface area contributed by atoms with E-state index in [4.69, 9.17) is 5.11 Å². The van der Waals surface area contributed by atoms with E-state index in [9.17, 15) is 18.7 Å². The van der Waals surface area contributed by atoms with E-state index < -0.39 is 18.5 Å². The number of aliphatic hydroxyl groups excluding tert-OH is 1. The molecule has 25 heavy (non-hydrogen) atoms. The highest BCUT2D eigenvalue weighted by Gasteiger charge is 2.56. The first kappa shape index (κ1) is 16.4. The summed E-state index contributed by atoms with van der Waals surface area (Å²) in [5.41, 5.74) is -0.323. The molecule has 0 aromatic carbocycles. The monoisotopic (exact) mass is 354 g/mol. The van der Waals surface area contributed by atoms with Crippen molar-refractivity contribution in [3.8, 4) is 0 Å². The molecule has 3 aliphatic rings. The first-order valence-corrected chi connectivity index (χ1v) is 8.43. The van der Waals surface area contributed by atoms with Crippen LogP contribution in [-0.4, -0.2) is 57.9 Å². The third-order valence-corrected chi connectivity index (χ3v) is 5.74. The molecule has 5 atom stereocenters. The average molecular weight is 354 g/mol. The first-order valence-electron chi connectivity index (χ1n) is 8.43. The summed E-state index contributed by atoms with van der Waals surface area (Å²) in [6.07, 6.45) is -3.03. The third kappa shape index (κ3) is 2.80. The van der Waals surface area contributed by atoms with Gasteiger partial charge in [-0.3, -0.25) is 4.79 Å². The maximum atomic E-state index is 13.2. The highest BCUT2D eigenvalue weighted by Crippen LogP contribution is 2.54. The molecule has 0 amide bonds. The van der Waals surface area contributed by atoms with Gasteiger partial charge in [-0.1, -0.05) is 0 Å². The Balaban J connectivity index is 1.52. The summed E-state index contributed by atoms with van der Waals surface area (Å²) >= 11 is 0. The fourth-order valence-corrected chi connectivity index (χ4v) is 4.04. The standard InChI is InChI=1S/C16H20F2N4O3/c1-7-12(23)6-22(7)16-19-11(15(17)18)3-13(20-16)21-4-9-8(2-14(24)25)10(9)5-21/h3,7-10,12,15,23H,2,4-6H2,1H3,(H,24,25)/t7-,8?,9-,10+,12+/m0/s1. The summed E-state index contributed by atoms with van der Waals surface area (Å²) in [6, 6.07) is 1.11. The highest BCUT2D eigenvalue weighted by molar-refractivity contribution is 5.68. The fraction of sp³-hybridized carbons (Fsp3) is 0.688. The number of aliphatic hydroxyl groups is 1. The Morgan fingerprint density at radius 2 is 2.00 bits per heavy atom. The zero-order valence-electron chi connectivity index (χ0n) is 13.7. The van der Waals surface area contributed by atoms with Crippen molar-refractivity contribution in [1.82, 2.24) is 9.97 Å². The number of aromatic nitrogens is 2. The molecule has 2 aliphatic heterocycles.